The highest BCUT2D eigenvalue weighted by Crippen LogP contribution is 2.26. The van der Waals surface area contributed by atoms with E-state index >= 15 is 0 Å². The highest BCUT2D eigenvalue weighted by atomic mass is 35.5. The third kappa shape index (κ3) is 3.72. The number of hydrogen-bond acceptors (Lipinski definition) is 3. The fraction of sp³-hybridized carbons (Fsp3) is 0. The highest BCUT2D eigenvalue weighted by Gasteiger charge is 2.37. The number of nitrogens with one attached hydrogen (secondary N) is 1. The maximum Gasteiger partial charge on any atom is 0.283 e. The van der Waals surface area contributed by atoms with Crippen molar-refractivity contribution in [2.45, 2.75) is 0 Å². The minimum absolute atomic E-state index is 0.0441. The summed E-state index contributed by atoms with van der Waals surface area (Å²) in [5.41, 5.74) is 0.869. The first-order valence-corrected chi connectivity index (χ1v) is 9.01. The van der Waals surface area contributed by atoms with E-state index in [1.807, 2.05) is 0 Å². The fourth-order valence-corrected chi connectivity index (χ4v) is 3.34. The Balaban J connectivity index is 1.92. The molecule has 26 heavy (non-hydrogen) atoms. The van der Waals surface area contributed by atoms with Gasteiger partial charge in [-0.15, -0.1) is 0 Å². The van der Waals surface area contributed by atoms with E-state index in [2.05, 4.69) is 5.32 Å². The van der Waals surface area contributed by atoms with E-state index in [-0.39, 0.29) is 21.4 Å². The van der Waals surface area contributed by atoms with Crippen LogP contribution in [0.4, 0.5) is 0 Å². The summed E-state index contributed by atoms with van der Waals surface area (Å²) in [4.78, 5) is 26.1. The van der Waals surface area contributed by atoms with Crippen molar-refractivity contribution in [3.8, 4) is 0 Å². The van der Waals surface area contributed by atoms with E-state index in [4.69, 9.17) is 58.6 Å². The molecule has 9 heteroatoms. The average Bonchev–Trinajstić information content (AvgIpc) is 2.84. The Morgan fingerprint density at radius 2 is 1.73 bits per heavy atom. The maximum absolute atomic E-state index is 12.7. The summed E-state index contributed by atoms with van der Waals surface area (Å²) in [6.07, 6.45) is 1.52. The Kier molecular flexibility index (Phi) is 5.55. The molecule has 2 amide bonds. The molecule has 132 valence electrons. The van der Waals surface area contributed by atoms with Crippen molar-refractivity contribution in [2.75, 3.05) is 0 Å². The SMILES string of the molecule is O=C1C(=Cc2ccc(Cl)c(Cl)c2)NC(=S)N1C(=O)c1ccc(Cl)cc1Cl. The Morgan fingerprint density at radius 3 is 2.38 bits per heavy atom. The topological polar surface area (TPSA) is 49.4 Å². The van der Waals surface area contributed by atoms with Gasteiger partial charge in [-0.3, -0.25) is 9.59 Å². The molecule has 1 aliphatic rings. The lowest BCUT2D eigenvalue weighted by Crippen LogP contribution is -2.36. The van der Waals surface area contributed by atoms with E-state index in [1.165, 1.54) is 24.3 Å². The second-order valence-electron chi connectivity index (χ2n) is 5.23. The molecule has 2 aromatic rings. The van der Waals surface area contributed by atoms with E-state index in [1.54, 1.807) is 18.2 Å². The van der Waals surface area contributed by atoms with Crippen LogP contribution >= 0.6 is 58.6 Å². The van der Waals surface area contributed by atoms with E-state index in [0.29, 0.717) is 20.6 Å². The third-order valence-corrected chi connectivity index (χ3v) is 5.07. The lowest BCUT2D eigenvalue weighted by Gasteiger charge is -2.13. The Bertz CT molecular complexity index is 991. The van der Waals surface area contributed by atoms with Gasteiger partial charge in [-0.25, -0.2) is 4.90 Å². The van der Waals surface area contributed by atoms with Crippen molar-refractivity contribution in [3.05, 3.63) is 73.3 Å². The second-order valence-corrected chi connectivity index (χ2v) is 7.28. The van der Waals surface area contributed by atoms with Crippen LogP contribution in [0.25, 0.3) is 6.08 Å². The second kappa shape index (κ2) is 7.55. The summed E-state index contributed by atoms with van der Waals surface area (Å²) in [5, 5.41) is 3.91. The van der Waals surface area contributed by atoms with Gasteiger partial charge < -0.3 is 5.32 Å². The zero-order chi connectivity index (χ0) is 19.0. The first-order chi connectivity index (χ1) is 12.3. The molecule has 0 bridgehead atoms. The van der Waals surface area contributed by atoms with Crippen molar-refractivity contribution in [1.29, 1.82) is 0 Å². The molecule has 4 nitrogen and oxygen atoms in total. The molecule has 0 unspecified atom stereocenters. The molecule has 0 radical (unpaired) electrons. The quantitative estimate of drug-likeness (QED) is 0.392. The Hall–Kier alpha value is -1.63. The molecule has 0 aromatic heterocycles. The smallest absolute Gasteiger partial charge is 0.283 e. The number of halogens is 4. The van der Waals surface area contributed by atoms with Crippen molar-refractivity contribution >= 4 is 81.6 Å². The lowest BCUT2D eigenvalue weighted by molar-refractivity contribution is -0.120. The molecule has 0 atom stereocenters. The number of nitrogens with zero attached hydrogens (tertiary/aromatic N) is 1. The summed E-state index contributed by atoms with van der Waals surface area (Å²) < 4.78 is 0. The number of amides is 2. The Labute approximate surface area is 174 Å². The number of hydrogen-bond donors (Lipinski definition) is 1. The van der Waals surface area contributed by atoms with Crippen LogP contribution in [0.3, 0.4) is 0 Å². The van der Waals surface area contributed by atoms with Crippen LogP contribution in [-0.4, -0.2) is 21.8 Å². The molecule has 3 rings (SSSR count). The van der Waals surface area contributed by atoms with E-state index in [0.717, 1.165) is 4.90 Å². The van der Waals surface area contributed by atoms with Crippen molar-refractivity contribution < 1.29 is 9.59 Å². The molecule has 1 saturated heterocycles. The zero-order valence-electron chi connectivity index (χ0n) is 12.7. The first kappa shape index (κ1) is 19.1. The molecule has 0 saturated carbocycles. The zero-order valence-corrected chi connectivity index (χ0v) is 16.6. The number of benzene rings is 2. The molecule has 0 aliphatic carbocycles. The van der Waals surface area contributed by atoms with Gasteiger partial charge >= 0.3 is 0 Å². The number of carbonyl (C=O) groups is 2. The van der Waals surface area contributed by atoms with Crippen LogP contribution in [-0.2, 0) is 4.79 Å². The van der Waals surface area contributed by atoms with E-state index in [9.17, 15) is 9.59 Å². The number of imide groups is 1. The minimum atomic E-state index is -0.647. The largest absolute Gasteiger partial charge is 0.327 e. The van der Waals surface area contributed by atoms with Gasteiger partial charge in [0.1, 0.15) is 5.70 Å². The minimum Gasteiger partial charge on any atom is -0.327 e. The Morgan fingerprint density at radius 1 is 1.00 bits per heavy atom. The van der Waals surface area contributed by atoms with Crippen LogP contribution in [0.1, 0.15) is 15.9 Å². The number of rotatable bonds is 2. The van der Waals surface area contributed by atoms with Crippen LogP contribution < -0.4 is 5.32 Å². The molecular formula is C17H8Cl4N2O2S. The van der Waals surface area contributed by atoms with Crippen LogP contribution in [0.5, 0.6) is 0 Å². The highest BCUT2D eigenvalue weighted by molar-refractivity contribution is 7.80. The summed E-state index contributed by atoms with van der Waals surface area (Å²) in [6.45, 7) is 0. The molecular weight excluding hydrogens is 438 g/mol. The van der Waals surface area contributed by atoms with Crippen LogP contribution in [0, 0.1) is 0 Å². The van der Waals surface area contributed by atoms with Gasteiger partial charge in [-0.05, 0) is 54.2 Å². The number of thiocarbonyl (C=S) groups is 1. The monoisotopic (exact) mass is 444 g/mol. The first-order valence-electron chi connectivity index (χ1n) is 7.09. The maximum atomic E-state index is 12.7. The molecule has 1 fully saturated rings. The van der Waals surface area contributed by atoms with Gasteiger partial charge in [0.15, 0.2) is 5.11 Å². The molecule has 1 aliphatic heterocycles. The molecule has 2 aromatic carbocycles. The summed E-state index contributed by atoms with van der Waals surface area (Å²) in [5.74, 6) is -1.25. The lowest BCUT2D eigenvalue weighted by atomic mass is 10.1. The third-order valence-electron chi connectivity index (χ3n) is 3.50. The molecule has 0 spiro atoms. The summed E-state index contributed by atoms with van der Waals surface area (Å²) in [6, 6.07) is 9.23. The summed E-state index contributed by atoms with van der Waals surface area (Å²) in [7, 11) is 0. The van der Waals surface area contributed by atoms with Gasteiger partial charge in [0.05, 0.1) is 20.6 Å². The average molecular weight is 446 g/mol. The van der Waals surface area contributed by atoms with Crippen molar-refractivity contribution in [1.82, 2.24) is 10.2 Å². The standard InChI is InChI=1S/C17H8Cl4N2O2S/c18-9-2-3-10(12(20)7-9)15(24)23-16(25)14(22-17(23)26)6-8-1-4-11(19)13(21)5-8/h1-7H,(H,22,26). The molecule has 1 N–H and O–H groups in total. The van der Waals surface area contributed by atoms with Gasteiger partial charge in [0.25, 0.3) is 11.8 Å². The number of carbonyl (C=O) groups excluding carboxylic acids is 2. The van der Waals surface area contributed by atoms with Crippen LogP contribution in [0.2, 0.25) is 20.1 Å². The van der Waals surface area contributed by atoms with Crippen molar-refractivity contribution in [2.24, 2.45) is 0 Å². The van der Waals surface area contributed by atoms with E-state index < -0.39 is 11.8 Å². The predicted octanol–water partition coefficient (Wildman–Crippen LogP) is 5.20. The predicted molar refractivity (Wildman–Crippen MR) is 108 cm³/mol. The van der Waals surface area contributed by atoms with Gasteiger partial charge in [-0.2, -0.15) is 0 Å². The van der Waals surface area contributed by atoms with Crippen molar-refractivity contribution in [3.63, 3.8) is 0 Å². The summed E-state index contributed by atoms with van der Waals surface area (Å²) >= 11 is 28.8. The van der Waals surface area contributed by atoms with Gasteiger partial charge in [0.2, 0.25) is 0 Å². The normalized spacial score (nSPS) is 15.5. The van der Waals surface area contributed by atoms with Crippen LogP contribution in [0.15, 0.2) is 42.1 Å². The molecule has 1 heterocycles. The van der Waals surface area contributed by atoms with Gasteiger partial charge in [0, 0.05) is 5.02 Å². The fourth-order valence-electron chi connectivity index (χ4n) is 2.27. The van der Waals surface area contributed by atoms with Gasteiger partial charge in [-0.1, -0.05) is 52.5 Å².